The molecule has 4 N–H and O–H groups in total. The van der Waals surface area contributed by atoms with Crippen molar-refractivity contribution in [3.8, 4) is 12.3 Å². The van der Waals surface area contributed by atoms with Crippen molar-refractivity contribution < 1.29 is 8.42 Å². The van der Waals surface area contributed by atoms with Gasteiger partial charge in [0, 0.05) is 28.7 Å². The van der Waals surface area contributed by atoms with E-state index in [0.717, 1.165) is 16.8 Å². The van der Waals surface area contributed by atoms with E-state index in [0.29, 0.717) is 23.0 Å². The number of nitrogens with two attached hydrogens (primary N) is 1. The van der Waals surface area contributed by atoms with Crippen molar-refractivity contribution in [2.24, 2.45) is 5.14 Å². The second kappa shape index (κ2) is 7.68. The van der Waals surface area contributed by atoms with E-state index in [2.05, 4.69) is 26.5 Å². The normalized spacial score (nSPS) is 10.9. The summed E-state index contributed by atoms with van der Waals surface area (Å²) in [6.45, 7) is 3.56. The minimum absolute atomic E-state index is 0.0501. The molecule has 3 rings (SSSR count). The van der Waals surface area contributed by atoms with E-state index in [1.807, 2.05) is 31.2 Å². The third kappa shape index (κ3) is 4.46. The van der Waals surface area contributed by atoms with Crippen LogP contribution in [-0.4, -0.2) is 18.4 Å². The Morgan fingerprint density at radius 3 is 2.50 bits per heavy atom. The van der Waals surface area contributed by atoms with E-state index in [1.165, 1.54) is 6.07 Å². The molecule has 1 heterocycles. The van der Waals surface area contributed by atoms with Crippen molar-refractivity contribution in [1.82, 2.24) is 9.97 Å². The molecule has 7 nitrogen and oxygen atoms in total. The second-order valence-corrected chi connectivity index (χ2v) is 7.76. The predicted octanol–water partition coefficient (Wildman–Crippen LogP) is 3.21. The fourth-order valence-electron chi connectivity index (χ4n) is 2.57. The van der Waals surface area contributed by atoms with Gasteiger partial charge in [-0.15, -0.1) is 6.42 Å². The molecule has 3 aromatic rings. The van der Waals surface area contributed by atoms with Crippen LogP contribution in [0.4, 0.5) is 23.1 Å². The molecule has 0 aliphatic carbocycles. The fraction of sp³-hybridized carbons (Fsp3) is 0.100. The first-order valence-corrected chi connectivity index (χ1v) is 9.89. The number of terminal acetylenes is 1. The third-order valence-electron chi connectivity index (χ3n) is 4.01. The molecular formula is C20H19N5O2S. The molecule has 28 heavy (non-hydrogen) atoms. The van der Waals surface area contributed by atoms with E-state index >= 15 is 0 Å². The van der Waals surface area contributed by atoms with Gasteiger partial charge in [-0.05, 0) is 49.7 Å². The number of aromatic nitrogens is 2. The molecule has 142 valence electrons. The fourth-order valence-corrected chi connectivity index (χ4v) is 3.37. The summed E-state index contributed by atoms with van der Waals surface area (Å²) in [6.07, 6.45) is 7.10. The molecule has 8 heteroatoms. The Kier molecular flexibility index (Phi) is 5.31. The summed E-state index contributed by atoms with van der Waals surface area (Å²) in [5, 5.41) is 11.5. The lowest BCUT2D eigenvalue weighted by atomic mass is 10.2. The zero-order chi connectivity index (χ0) is 20.3. The summed E-state index contributed by atoms with van der Waals surface area (Å²) in [6, 6.07) is 12.3. The topological polar surface area (TPSA) is 110 Å². The smallest absolute Gasteiger partial charge is 0.238 e. The molecule has 0 amide bonds. The lowest BCUT2D eigenvalue weighted by Gasteiger charge is -2.12. The molecule has 2 aromatic carbocycles. The van der Waals surface area contributed by atoms with E-state index < -0.39 is 10.0 Å². The molecule has 0 aliphatic rings. The van der Waals surface area contributed by atoms with Crippen molar-refractivity contribution in [3.05, 3.63) is 65.4 Å². The van der Waals surface area contributed by atoms with Crippen LogP contribution >= 0.6 is 0 Å². The molecule has 0 atom stereocenters. The Morgan fingerprint density at radius 1 is 1.04 bits per heavy atom. The maximum Gasteiger partial charge on any atom is 0.238 e. The van der Waals surface area contributed by atoms with Gasteiger partial charge in [0.1, 0.15) is 5.82 Å². The summed E-state index contributed by atoms with van der Waals surface area (Å²) < 4.78 is 23.4. The maximum absolute atomic E-state index is 11.7. The lowest BCUT2D eigenvalue weighted by Crippen LogP contribution is -2.14. The third-order valence-corrected chi connectivity index (χ3v) is 5.07. The Hall–Kier alpha value is -3.41. The molecule has 0 fully saturated rings. The number of sulfonamides is 1. The molecule has 0 spiro atoms. The Balaban J connectivity index is 1.89. The van der Waals surface area contributed by atoms with Gasteiger partial charge in [0.2, 0.25) is 16.0 Å². The lowest BCUT2D eigenvalue weighted by molar-refractivity contribution is 0.597. The van der Waals surface area contributed by atoms with Crippen LogP contribution in [0.25, 0.3) is 0 Å². The SMILES string of the molecule is C#Cc1cccc(Nc2nc(Nc3ccc(C)c(S(N)(=O)=O)c3)ncc2C)c1. The Bertz CT molecular complexity index is 1180. The molecule has 0 aliphatic heterocycles. The minimum Gasteiger partial charge on any atom is -0.340 e. The van der Waals surface area contributed by atoms with Crippen LogP contribution in [-0.2, 0) is 10.0 Å². The first kappa shape index (κ1) is 19.4. The van der Waals surface area contributed by atoms with Crippen molar-refractivity contribution in [3.63, 3.8) is 0 Å². The van der Waals surface area contributed by atoms with Gasteiger partial charge in [-0.1, -0.05) is 18.1 Å². The molecule has 0 saturated heterocycles. The van der Waals surface area contributed by atoms with Crippen molar-refractivity contribution in [2.75, 3.05) is 10.6 Å². The number of aryl methyl sites for hydroxylation is 2. The largest absolute Gasteiger partial charge is 0.340 e. The van der Waals surface area contributed by atoms with Gasteiger partial charge in [-0.3, -0.25) is 0 Å². The number of hydrogen-bond donors (Lipinski definition) is 3. The number of anilines is 4. The van der Waals surface area contributed by atoms with Crippen molar-refractivity contribution >= 4 is 33.2 Å². The first-order chi connectivity index (χ1) is 13.3. The summed E-state index contributed by atoms with van der Waals surface area (Å²) in [4.78, 5) is 8.77. The zero-order valence-electron chi connectivity index (χ0n) is 15.4. The summed E-state index contributed by atoms with van der Waals surface area (Å²) in [5.74, 6) is 3.50. The van der Waals surface area contributed by atoms with Crippen LogP contribution in [0.3, 0.4) is 0 Å². The van der Waals surface area contributed by atoms with Crippen LogP contribution in [0.2, 0.25) is 0 Å². The number of nitrogens with zero attached hydrogens (tertiary/aromatic N) is 2. The standard InChI is InChI=1S/C20H19N5O2S/c1-4-15-6-5-7-16(10-15)23-19-14(3)12-22-20(25-19)24-17-9-8-13(2)18(11-17)28(21,26)27/h1,5-12H,2-3H3,(H2,21,26,27)(H2,22,23,24,25). The number of benzene rings is 2. The zero-order valence-corrected chi connectivity index (χ0v) is 16.2. The van der Waals surface area contributed by atoms with Crippen LogP contribution < -0.4 is 15.8 Å². The van der Waals surface area contributed by atoms with Gasteiger partial charge in [0.15, 0.2) is 0 Å². The average Bonchev–Trinajstić information content (AvgIpc) is 2.65. The minimum atomic E-state index is -3.82. The van der Waals surface area contributed by atoms with Gasteiger partial charge in [0.25, 0.3) is 0 Å². The maximum atomic E-state index is 11.7. The predicted molar refractivity (Wildman–Crippen MR) is 110 cm³/mol. The molecular weight excluding hydrogens is 374 g/mol. The molecule has 0 saturated carbocycles. The highest BCUT2D eigenvalue weighted by Crippen LogP contribution is 2.24. The molecule has 1 aromatic heterocycles. The van der Waals surface area contributed by atoms with E-state index in [-0.39, 0.29) is 4.90 Å². The first-order valence-electron chi connectivity index (χ1n) is 8.34. The second-order valence-electron chi connectivity index (χ2n) is 6.23. The Labute approximate surface area is 164 Å². The molecule has 0 radical (unpaired) electrons. The van der Waals surface area contributed by atoms with E-state index in [9.17, 15) is 8.42 Å². The summed E-state index contributed by atoms with van der Waals surface area (Å²) >= 11 is 0. The summed E-state index contributed by atoms with van der Waals surface area (Å²) in [5.41, 5.74) is 3.47. The van der Waals surface area contributed by atoms with Gasteiger partial charge in [0.05, 0.1) is 4.90 Å². The number of nitrogens with one attached hydrogen (secondary N) is 2. The average molecular weight is 393 g/mol. The molecule has 0 unspecified atom stereocenters. The highest BCUT2D eigenvalue weighted by atomic mass is 32.2. The van der Waals surface area contributed by atoms with Crippen molar-refractivity contribution in [2.45, 2.75) is 18.7 Å². The highest BCUT2D eigenvalue weighted by molar-refractivity contribution is 7.89. The van der Waals surface area contributed by atoms with Crippen LogP contribution in [0, 0.1) is 26.2 Å². The van der Waals surface area contributed by atoms with Gasteiger partial charge in [-0.25, -0.2) is 18.5 Å². The quantitative estimate of drug-likeness (QED) is 0.574. The summed E-state index contributed by atoms with van der Waals surface area (Å²) in [7, 11) is -3.82. The number of hydrogen-bond acceptors (Lipinski definition) is 6. The van der Waals surface area contributed by atoms with Crippen LogP contribution in [0.15, 0.2) is 53.6 Å². The molecule has 0 bridgehead atoms. The van der Waals surface area contributed by atoms with Crippen LogP contribution in [0.5, 0.6) is 0 Å². The monoisotopic (exact) mass is 393 g/mol. The number of primary sulfonamides is 1. The van der Waals surface area contributed by atoms with Crippen LogP contribution in [0.1, 0.15) is 16.7 Å². The van der Waals surface area contributed by atoms with Gasteiger partial charge >= 0.3 is 0 Å². The Morgan fingerprint density at radius 2 is 1.79 bits per heavy atom. The van der Waals surface area contributed by atoms with E-state index in [1.54, 1.807) is 25.3 Å². The van der Waals surface area contributed by atoms with Gasteiger partial charge < -0.3 is 10.6 Å². The van der Waals surface area contributed by atoms with E-state index in [4.69, 9.17) is 11.6 Å². The number of rotatable bonds is 5. The van der Waals surface area contributed by atoms with Crippen molar-refractivity contribution in [1.29, 1.82) is 0 Å². The highest BCUT2D eigenvalue weighted by Gasteiger charge is 2.13. The van der Waals surface area contributed by atoms with Gasteiger partial charge in [-0.2, -0.15) is 4.98 Å².